The lowest BCUT2D eigenvalue weighted by Crippen LogP contribution is -2.53. The van der Waals surface area contributed by atoms with E-state index in [9.17, 15) is 4.79 Å². The fourth-order valence-corrected chi connectivity index (χ4v) is 6.03. The van der Waals surface area contributed by atoms with Crippen molar-refractivity contribution in [3.8, 4) is 11.5 Å². The van der Waals surface area contributed by atoms with Gasteiger partial charge in [0.05, 0.1) is 17.2 Å². The monoisotopic (exact) mass is 577 g/mol. The lowest BCUT2D eigenvalue weighted by Gasteiger charge is -2.40. The summed E-state index contributed by atoms with van der Waals surface area (Å²) in [7, 11) is 0. The number of rotatable bonds is 5. The van der Waals surface area contributed by atoms with Gasteiger partial charge in [-0.05, 0) is 54.8 Å². The lowest BCUT2D eigenvalue weighted by atomic mass is 9.90. The molecule has 0 N–H and O–H groups in total. The highest BCUT2D eigenvalue weighted by Gasteiger charge is 2.45. The Morgan fingerprint density at radius 2 is 1.84 bits per heavy atom. The Morgan fingerprint density at radius 3 is 2.55 bits per heavy atom. The van der Waals surface area contributed by atoms with Crippen molar-refractivity contribution in [3.63, 3.8) is 0 Å². The van der Waals surface area contributed by atoms with Gasteiger partial charge in [-0.2, -0.15) is 10.2 Å². The van der Waals surface area contributed by atoms with Crippen LogP contribution in [0.3, 0.4) is 0 Å². The van der Waals surface area contributed by atoms with Gasteiger partial charge in [-0.3, -0.25) is 14.7 Å². The first-order valence-electron chi connectivity index (χ1n) is 13.1. The zero-order chi connectivity index (χ0) is 26.1. The van der Waals surface area contributed by atoms with E-state index in [1.165, 1.54) is 0 Å². The Morgan fingerprint density at radius 1 is 1.03 bits per heavy atom. The predicted octanol–water partition coefficient (Wildman–Crippen LogP) is 4.82. The fourth-order valence-electron chi connectivity index (χ4n) is 5.68. The molecule has 1 amide bonds. The molecule has 0 bridgehead atoms. The molecule has 5 heterocycles. The van der Waals surface area contributed by atoms with Crippen LogP contribution in [-0.2, 0) is 11.3 Å². The van der Waals surface area contributed by atoms with Crippen molar-refractivity contribution in [1.29, 1.82) is 0 Å². The summed E-state index contributed by atoms with van der Waals surface area (Å²) in [5.41, 5.74) is 2.00. The molecule has 2 saturated heterocycles. The normalized spacial score (nSPS) is 18.6. The van der Waals surface area contributed by atoms with Crippen LogP contribution in [-0.4, -0.2) is 72.3 Å². The maximum atomic E-state index is 15.9. The number of pyridine rings is 1. The van der Waals surface area contributed by atoms with E-state index in [0.29, 0.717) is 32.7 Å². The molecule has 10 heteroatoms. The summed E-state index contributed by atoms with van der Waals surface area (Å²) >= 11 is 3.55. The lowest BCUT2D eigenvalue weighted by molar-refractivity contribution is -0.148. The van der Waals surface area contributed by atoms with Gasteiger partial charge >= 0.3 is 0 Å². The SMILES string of the molecule is O=C(N1CCC(n2c(-c3ccccn3)nc3cc(Br)ccc32)CC1)C1(F)CCN(Cc2ccnnc2)CC1. The Balaban J connectivity index is 1.14. The third-order valence-corrected chi connectivity index (χ3v) is 8.24. The number of imidazole rings is 1. The van der Waals surface area contributed by atoms with E-state index in [2.05, 4.69) is 46.6 Å². The molecule has 8 nitrogen and oxygen atoms in total. The number of hydrogen-bond donors (Lipinski definition) is 0. The minimum atomic E-state index is -1.80. The van der Waals surface area contributed by atoms with Gasteiger partial charge in [0.25, 0.3) is 5.91 Å². The third kappa shape index (κ3) is 4.94. The molecule has 0 atom stereocenters. The smallest absolute Gasteiger partial charge is 0.260 e. The maximum absolute atomic E-state index is 15.9. The number of nitrogens with zero attached hydrogens (tertiary/aromatic N) is 7. The Hall–Kier alpha value is -3.24. The molecule has 0 spiro atoms. The number of carbonyl (C=O) groups excluding carboxylic acids is 1. The average molecular weight is 578 g/mol. The van der Waals surface area contributed by atoms with Crippen molar-refractivity contribution in [2.45, 2.75) is 43.9 Å². The summed E-state index contributed by atoms with van der Waals surface area (Å²) in [6, 6.07) is 14.0. The van der Waals surface area contributed by atoms with Crippen LogP contribution in [0.5, 0.6) is 0 Å². The summed E-state index contributed by atoms with van der Waals surface area (Å²) < 4.78 is 19.1. The molecule has 4 aromatic rings. The first-order valence-corrected chi connectivity index (χ1v) is 13.8. The van der Waals surface area contributed by atoms with E-state index < -0.39 is 5.67 Å². The quantitative estimate of drug-likeness (QED) is 0.338. The zero-order valence-corrected chi connectivity index (χ0v) is 22.6. The zero-order valence-electron chi connectivity index (χ0n) is 21.0. The first kappa shape index (κ1) is 25.1. The van der Waals surface area contributed by atoms with Gasteiger partial charge in [0.15, 0.2) is 11.5 Å². The number of likely N-dealkylation sites (tertiary alicyclic amines) is 2. The molecule has 6 rings (SSSR count). The van der Waals surface area contributed by atoms with Crippen molar-refractivity contribution in [1.82, 2.24) is 34.5 Å². The summed E-state index contributed by atoms with van der Waals surface area (Å²) in [4.78, 5) is 26.7. The molecular formula is C28H29BrFN7O. The molecule has 2 aliphatic rings. The molecule has 3 aromatic heterocycles. The number of amides is 1. The Kier molecular flexibility index (Phi) is 6.92. The van der Waals surface area contributed by atoms with Crippen molar-refractivity contribution in [2.24, 2.45) is 0 Å². The average Bonchev–Trinajstić information content (AvgIpc) is 3.34. The molecule has 0 radical (unpaired) electrons. The van der Waals surface area contributed by atoms with Crippen LogP contribution in [0.15, 0.2) is 65.5 Å². The second-order valence-electron chi connectivity index (χ2n) is 10.2. The van der Waals surface area contributed by atoms with Gasteiger partial charge in [0, 0.05) is 68.5 Å². The first-order chi connectivity index (χ1) is 18.5. The number of fused-ring (bicyclic) bond motifs is 1. The van der Waals surface area contributed by atoms with Gasteiger partial charge in [0.2, 0.25) is 0 Å². The van der Waals surface area contributed by atoms with Crippen molar-refractivity contribution < 1.29 is 9.18 Å². The summed E-state index contributed by atoms with van der Waals surface area (Å²) in [6.07, 6.45) is 7.08. The van der Waals surface area contributed by atoms with E-state index in [1.54, 1.807) is 23.5 Å². The van der Waals surface area contributed by atoms with Crippen LogP contribution in [0.4, 0.5) is 4.39 Å². The van der Waals surface area contributed by atoms with Gasteiger partial charge in [-0.1, -0.05) is 22.0 Å². The summed E-state index contributed by atoms with van der Waals surface area (Å²) in [5, 5.41) is 7.72. The van der Waals surface area contributed by atoms with Gasteiger partial charge in [-0.25, -0.2) is 9.37 Å². The number of piperidine rings is 2. The molecule has 0 unspecified atom stereocenters. The molecular weight excluding hydrogens is 549 g/mol. The van der Waals surface area contributed by atoms with Gasteiger partial charge < -0.3 is 9.47 Å². The molecule has 0 saturated carbocycles. The minimum Gasteiger partial charge on any atom is -0.340 e. The van der Waals surface area contributed by atoms with Crippen LogP contribution in [0, 0.1) is 0 Å². The molecule has 1 aromatic carbocycles. The van der Waals surface area contributed by atoms with Gasteiger partial charge in [-0.15, -0.1) is 0 Å². The standard InChI is InChI=1S/C28H29BrFN7O/c29-21-4-5-25-24(17-21)34-26(23-3-1-2-11-31-23)37(25)22-7-13-36(14-8-22)27(38)28(30)9-15-35(16-10-28)19-20-6-12-32-33-18-20/h1-6,11-12,17-18,22H,7-10,13-16,19H2. The van der Waals surface area contributed by atoms with Crippen LogP contribution < -0.4 is 0 Å². The van der Waals surface area contributed by atoms with Crippen LogP contribution in [0.2, 0.25) is 0 Å². The van der Waals surface area contributed by atoms with E-state index >= 15 is 4.39 Å². The molecule has 196 valence electrons. The summed E-state index contributed by atoms with van der Waals surface area (Å²) in [6.45, 7) is 2.84. The highest BCUT2D eigenvalue weighted by Crippen LogP contribution is 2.36. The van der Waals surface area contributed by atoms with Crippen LogP contribution in [0.1, 0.15) is 37.3 Å². The minimum absolute atomic E-state index is 0.147. The summed E-state index contributed by atoms with van der Waals surface area (Å²) in [5.74, 6) is 0.466. The topological polar surface area (TPSA) is 80.0 Å². The Bertz CT molecular complexity index is 1420. The third-order valence-electron chi connectivity index (χ3n) is 7.75. The number of alkyl halides is 1. The number of benzene rings is 1. The molecule has 38 heavy (non-hydrogen) atoms. The van der Waals surface area contributed by atoms with Crippen molar-refractivity contribution >= 4 is 32.9 Å². The van der Waals surface area contributed by atoms with E-state index in [0.717, 1.165) is 45.4 Å². The molecule has 2 fully saturated rings. The van der Waals surface area contributed by atoms with E-state index in [1.807, 2.05) is 36.4 Å². The van der Waals surface area contributed by atoms with Crippen molar-refractivity contribution in [3.05, 3.63) is 71.1 Å². The fraction of sp³-hybridized carbons (Fsp3) is 0.393. The second-order valence-corrected chi connectivity index (χ2v) is 11.1. The van der Waals surface area contributed by atoms with Crippen molar-refractivity contribution in [2.75, 3.05) is 26.2 Å². The van der Waals surface area contributed by atoms with Gasteiger partial charge in [0.1, 0.15) is 5.69 Å². The Labute approximate surface area is 229 Å². The molecule has 0 aliphatic carbocycles. The molecule has 2 aliphatic heterocycles. The van der Waals surface area contributed by atoms with E-state index in [-0.39, 0.29) is 24.8 Å². The number of halogens is 2. The van der Waals surface area contributed by atoms with Crippen LogP contribution in [0.25, 0.3) is 22.6 Å². The highest BCUT2D eigenvalue weighted by molar-refractivity contribution is 9.10. The second kappa shape index (κ2) is 10.5. The number of carbonyl (C=O) groups is 1. The highest BCUT2D eigenvalue weighted by atomic mass is 79.9. The largest absolute Gasteiger partial charge is 0.340 e. The van der Waals surface area contributed by atoms with Crippen LogP contribution >= 0.6 is 15.9 Å². The number of aromatic nitrogens is 5. The number of hydrogen-bond acceptors (Lipinski definition) is 6. The maximum Gasteiger partial charge on any atom is 0.260 e. The predicted molar refractivity (Wildman–Crippen MR) is 146 cm³/mol. The van der Waals surface area contributed by atoms with E-state index in [4.69, 9.17) is 4.98 Å².